The predicted molar refractivity (Wildman–Crippen MR) is 69.9 cm³/mol. The molecule has 0 aromatic carbocycles. The number of aliphatic hydroxyl groups excluding tert-OH is 1. The fourth-order valence-electron chi connectivity index (χ4n) is 1.17. The zero-order chi connectivity index (χ0) is 13.4. The summed E-state index contributed by atoms with van der Waals surface area (Å²) in [5, 5.41) is 15.1. The molecule has 1 aromatic heterocycles. The van der Waals surface area contributed by atoms with E-state index in [2.05, 4.69) is 32.5 Å². The van der Waals surface area contributed by atoms with Gasteiger partial charge in [0.1, 0.15) is 0 Å². The summed E-state index contributed by atoms with van der Waals surface area (Å²) in [7, 11) is 1.51. The molecule has 0 bridgehead atoms. The van der Waals surface area contributed by atoms with E-state index < -0.39 is 0 Å². The second-order valence-corrected chi connectivity index (χ2v) is 4.06. The first-order chi connectivity index (χ1) is 8.69. The van der Waals surface area contributed by atoms with Crippen LogP contribution in [0.1, 0.15) is 20.3 Å². The highest BCUT2D eigenvalue weighted by Gasteiger charge is 2.07. The first-order valence-electron chi connectivity index (χ1n) is 6.08. The zero-order valence-electron chi connectivity index (χ0n) is 11.1. The second kappa shape index (κ2) is 7.65. The third-order valence-corrected chi connectivity index (χ3v) is 2.25. The molecule has 102 valence electrons. The van der Waals surface area contributed by atoms with Crippen molar-refractivity contribution in [2.45, 2.75) is 20.3 Å². The van der Waals surface area contributed by atoms with Gasteiger partial charge in [-0.3, -0.25) is 0 Å². The molecule has 0 aliphatic rings. The van der Waals surface area contributed by atoms with Crippen molar-refractivity contribution in [3.63, 3.8) is 0 Å². The van der Waals surface area contributed by atoms with Crippen LogP contribution >= 0.6 is 0 Å². The van der Waals surface area contributed by atoms with E-state index in [1.165, 1.54) is 7.11 Å². The Bertz CT molecular complexity index is 361. The molecule has 0 radical (unpaired) electrons. The predicted octanol–water partition coefficient (Wildman–Crippen LogP) is 0.742. The standard InChI is InChI=1S/C11H21N5O2/c1-4-5-12-9-14-10(13-6-8(2)7-17)16-11(15-9)18-3/h8,17H,4-7H2,1-3H3,(H2,12,13,14,15,16). The van der Waals surface area contributed by atoms with Crippen LogP contribution in [-0.4, -0.2) is 46.9 Å². The lowest BCUT2D eigenvalue weighted by molar-refractivity contribution is 0.244. The number of anilines is 2. The largest absolute Gasteiger partial charge is 0.467 e. The van der Waals surface area contributed by atoms with Crippen LogP contribution in [0, 0.1) is 5.92 Å². The maximum Gasteiger partial charge on any atom is 0.322 e. The Morgan fingerprint density at radius 2 is 1.89 bits per heavy atom. The average molecular weight is 255 g/mol. The van der Waals surface area contributed by atoms with Gasteiger partial charge in [0, 0.05) is 19.7 Å². The van der Waals surface area contributed by atoms with Gasteiger partial charge in [0.15, 0.2) is 0 Å². The highest BCUT2D eigenvalue weighted by atomic mass is 16.5. The monoisotopic (exact) mass is 255 g/mol. The molecule has 1 atom stereocenters. The van der Waals surface area contributed by atoms with Crippen LogP contribution < -0.4 is 15.4 Å². The van der Waals surface area contributed by atoms with Crippen molar-refractivity contribution in [3.05, 3.63) is 0 Å². The Hall–Kier alpha value is -1.63. The average Bonchev–Trinajstić information content (AvgIpc) is 2.42. The topological polar surface area (TPSA) is 92.2 Å². The number of ether oxygens (including phenoxy) is 1. The maximum absolute atomic E-state index is 8.95. The van der Waals surface area contributed by atoms with Crippen molar-refractivity contribution in [3.8, 4) is 6.01 Å². The van der Waals surface area contributed by atoms with Gasteiger partial charge in [-0.15, -0.1) is 0 Å². The molecule has 1 rings (SSSR count). The first-order valence-corrected chi connectivity index (χ1v) is 6.08. The lowest BCUT2D eigenvalue weighted by Gasteiger charge is -2.11. The second-order valence-electron chi connectivity index (χ2n) is 4.06. The van der Waals surface area contributed by atoms with Gasteiger partial charge in [0.05, 0.1) is 7.11 Å². The number of aromatic nitrogens is 3. The van der Waals surface area contributed by atoms with Gasteiger partial charge in [0.2, 0.25) is 11.9 Å². The molecule has 7 heteroatoms. The van der Waals surface area contributed by atoms with Crippen LogP contribution in [-0.2, 0) is 0 Å². The lowest BCUT2D eigenvalue weighted by atomic mass is 10.2. The van der Waals surface area contributed by atoms with Gasteiger partial charge in [-0.05, 0) is 12.3 Å². The summed E-state index contributed by atoms with van der Waals surface area (Å²) in [6.07, 6.45) is 0.984. The molecular formula is C11H21N5O2. The molecule has 1 unspecified atom stereocenters. The number of hydrogen-bond donors (Lipinski definition) is 3. The number of aliphatic hydroxyl groups is 1. The summed E-state index contributed by atoms with van der Waals surface area (Å²) in [5.41, 5.74) is 0. The Kier molecular flexibility index (Phi) is 6.13. The molecule has 0 fully saturated rings. The molecule has 0 amide bonds. The number of hydrogen-bond acceptors (Lipinski definition) is 7. The molecule has 7 nitrogen and oxygen atoms in total. The van der Waals surface area contributed by atoms with Crippen LogP contribution in [0.25, 0.3) is 0 Å². The summed E-state index contributed by atoms with van der Waals surface area (Å²) >= 11 is 0. The van der Waals surface area contributed by atoms with Gasteiger partial charge < -0.3 is 20.5 Å². The van der Waals surface area contributed by atoms with Crippen molar-refractivity contribution < 1.29 is 9.84 Å². The van der Waals surface area contributed by atoms with Crippen LogP contribution in [0.2, 0.25) is 0 Å². The molecule has 18 heavy (non-hydrogen) atoms. The summed E-state index contributed by atoms with van der Waals surface area (Å²) in [6.45, 7) is 5.50. The first kappa shape index (κ1) is 14.4. The van der Waals surface area contributed by atoms with Crippen molar-refractivity contribution in [1.82, 2.24) is 15.0 Å². The highest BCUT2D eigenvalue weighted by molar-refractivity contribution is 5.35. The molecule has 1 heterocycles. The van der Waals surface area contributed by atoms with Gasteiger partial charge in [0.25, 0.3) is 0 Å². The van der Waals surface area contributed by atoms with Crippen LogP contribution in [0.15, 0.2) is 0 Å². The van der Waals surface area contributed by atoms with Crippen LogP contribution in [0.4, 0.5) is 11.9 Å². The number of rotatable bonds is 8. The smallest absolute Gasteiger partial charge is 0.322 e. The number of methoxy groups -OCH3 is 1. The molecular weight excluding hydrogens is 234 g/mol. The van der Waals surface area contributed by atoms with E-state index >= 15 is 0 Å². The fraction of sp³-hybridized carbons (Fsp3) is 0.727. The van der Waals surface area contributed by atoms with Gasteiger partial charge in [-0.2, -0.15) is 15.0 Å². The van der Waals surface area contributed by atoms with E-state index in [0.717, 1.165) is 13.0 Å². The SMILES string of the molecule is CCCNc1nc(NCC(C)CO)nc(OC)n1. The van der Waals surface area contributed by atoms with Crippen molar-refractivity contribution in [1.29, 1.82) is 0 Å². The number of nitrogens with one attached hydrogen (secondary N) is 2. The van der Waals surface area contributed by atoms with Gasteiger partial charge in [-0.25, -0.2) is 0 Å². The quantitative estimate of drug-likeness (QED) is 0.631. The molecule has 1 aromatic rings. The van der Waals surface area contributed by atoms with Gasteiger partial charge in [-0.1, -0.05) is 13.8 Å². The van der Waals surface area contributed by atoms with Crippen molar-refractivity contribution in [2.75, 3.05) is 37.4 Å². The zero-order valence-corrected chi connectivity index (χ0v) is 11.1. The van der Waals surface area contributed by atoms with Crippen LogP contribution in [0.5, 0.6) is 6.01 Å². The van der Waals surface area contributed by atoms with Crippen molar-refractivity contribution >= 4 is 11.9 Å². The minimum absolute atomic E-state index is 0.121. The van der Waals surface area contributed by atoms with E-state index in [1.807, 2.05) is 6.92 Å². The molecule has 0 saturated carbocycles. The van der Waals surface area contributed by atoms with Crippen LogP contribution in [0.3, 0.4) is 0 Å². The number of nitrogens with zero attached hydrogens (tertiary/aromatic N) is 3. The summed E-state index contributed by atoms with van der Waals surface area (Å²) < 4.78 is 5.02. The molecule has 0 spiro atoms. The van der Waals surface area contributed by atoms with E-state index in [0.29, 0.717) is 18.4 Å². The molecule has 0 aliphatic carbocycles. The van der Waals surface area contributed by atoms with E-state index in [9.17, 15) is 0 Å². The van der Waals surface area contributed by atoms with E-state index in [4.69, 9.17) is 9.84 Å². The Morgan fingerprint density at radius 1 is 1.22 bits per heavy atom. The third kappa shape index (κ3) is 4.70. The minimum Gasteiger partial charge on any atom is -0.467 e. The summed E-state index contributed by atoms with van der Waals surface area (Å²) in [4.78, 5) is 12.4. The fourth-order valence-corrected chi connectivity index (χ4v) is 1.17. The summed E-state index contributed by atoms with van der Waals surface area (Å²) in [6, 6.07) is 0.266. The Balaban J connectivity index is 2.70. The molecule has 3 N–H and O–H groups in total. The molecule has 0 aliphatic heterocycles. The normalized spacial score (nSPS) is 12.0. The molecule has 0 saturated heterocycles. The van der Waals surface area contributed by atoms with E-state index in [-0.39, 0.29) is 18.5 Å². The van der Waals surface area contributed by atoms with Crippen molar-refractivity contribution in [2.24, 2.45) is 5.92 Å². The van der Waals surface area contributed by atoms with E-state index in [1.54, 1.807) is 0 Å². The maximum atomic E-state index is 8.95. The lowest BCUT2D eigenvalue weighted by Crippen LogP contribution is -2.17. The summed E-state index contributed by atoms with van der Waals surface area (Å²) in [5.74, 6) is 1.07. The minimum atomic E-state index is 0.121. The Morgan fingerprint density at radius 3 is 2.44 bits per heavy atom. The highest BCUT2D eigenvalue weighted by Crippen LogP contribution is 2.11. The Labute approximate surface area is 107 Å². The van der Waals surface area contributed by atoms with Gasteiger partial charge >= 0.3 is 6.01 Å². The third-order valence-electron chi connectivity index (χ3n) is 2.25.